The number of phosphoric ester groups is 2. The molecule has 478 valence electrons. The normalized spacial score (nSPS) is 18.3. The highest BCUT2D eigenvalue weighted by Gasteiger charge is 2.38. The molecule has 8 atom stereocenters. The van der Waals surface area contributed by atoms with Crippen molar-refractivity contribution in [3.63, 3.8) is 0 Å². The van der Waals surface area contributed by atoms with Gasteiger partial charge in [-0.05, 0) is 85.0 Å². The lowest BCUT2D eigenvalue weighted by atomic mass is 10.0. The number of nitro benzene ring substituents is 1. The number of nitrogen functional groups attached to an aromatic ring is 1. The number of benzene rings is 4. The van der Waals surface area contributed by atoms with E-state index < -0.39 is 102 Å². The van der Waals surface area contributed by atoms with Crippen LogP contribution in [0.3, 0.4) is 0 Å². The Morgan fingerprint density at radius 3 is 1.33 bits per heavy atom. The van der Waals surface area contributed by atoms with Gasteiger partial charge in [-0.25, -0.2) is 26.4 Å². The maximum absolute atomic E-state index is 13.9. The van der Waals surface area contributed by atoms with Gasteiger partial charge in [0.25, 0.3) is 21.3 Å². The Balaban J connectivity index is 0.000000314. The van der Waals surface area contributed by atoms with Crippen LogP contribution in [0.15, 0.2) is 119 Å². The Kier molecular flexibility index (Phi) is 28.5. The second-order valence-electron chi connectivity index (χ2n) is 21.3. The number of nitrogens with one attached hydrogen (secondary N) is 2. The number of anilines is 1. The van der Waals surface area contributed by atoms with Crippen LogP contribution in [-0.4, -0.2) is 145 Å². The van der Waals surface area contributed by atoms with Crippen molar-refractivity contribution in [1.82, 2.24) is 19.2 Å². The number of sulfonamides is 2. The third kappa shape index (κ3) is 23.9. The van der Waals surface area contributed by atoms with Crippen molar-refractivity contribution in [2.75, 3.05) is 71.6 Å². The monoisotopic (exact) mass is 1280 g/mol. The number of rotatable bonds is 33. The number of carbonyl (C=O) groups excluding carboxylic acids is 2. The number of ether oxygens (including phenoxy) is 4. The minimum Gasteiger partial charge on any atom is -0.756 e. The van der Waals surface area contributed by atoms with Gasteiger partial charge < -0.3 is 63.2 Å². The van der Waals surface area contributed by atoms with Crippen molar-refractivity contribution in [2.45, 2.75) is 126 Å². The Hall–Kier alpha value is -5.42. The van der Waals surface area contributed by atoms with Crippen molar-refractivity contribution in [2.24, 2.45) is 11.8 Å². The van der Waals surface area contributed by atoms with Crippen LogP contribution in [0.1, 0.15) is 78.4 Å². The van der Waals surface area contributed by atoms with Crippen LogP contribution in [0.5, 0.6) is 0 Å². The molecule has 2 aliphatic rings. The third-order valence-corrected chi connectivity index (χ3v) is 18.7. The van der Waals surface area contributed by atoms with Crippen LogP contribution in [0.4, 0.5) is 21.0 Å². The Bertz CT molecular complexity index is 3050. The number of hydrogen-bond acceptors (Lipinski definition) is 21. The van der Waals surface area contributed by atoms with E-state index in [0.29, 0.717) is 50.1 Å². The molecule has 2 heterocycles. The molecule has 2 unspecified atom stereocenters. The molecule has 0 aliphatic carbocycles. The molecule has 0 aromatic heterocycles. The molecule has 6 rings (SSSR count). The highest BCUT2D eigenvalue weighted by atomic mass is 32.2. The molecule has 86 heavy (non-hydrogen) atoms. The molecule has 4 aromatic rings. The maximum Gasteiger partial charge on any atom is 0.407 e. The van der Waals surface area contributed by atoms with Crippen molar-refractivity contribution in [3.05, 3.63) is 130 Å². The van der Waals surface area contributed by atoms with Gasteiger partial charge >= 0.3 is 12.2 Å². The van der Waals surface area contributed by atoms with E-state index in [-0.39, 0.29) is 79.7 Å². The quantitative estimate of drug-likeness (QED) is 0.0187. The van der Waals surface area contributed by atoms with Gasteiger partial charge in [-0.15, -0.1) is 0 Å². The molecule has 2 amide bonds. The molecule has 2 saturated heterocycles. The van der Waals surface area contributed by atoms with Crippen LogP contribution in [0, 0.1) is 22.0 Å². The molecule has 26 nitrogen and oxygen atoms in total. The van der Waals surface area contributed by atoms with E-state index in [0.717, 1.165) is 38.4 Å². The van der Waals surface area contributed by atoms with Gasteiger partial charge in [-0.3, -0.25) is 19.2 Å². The zero-order valence-electron chi connectivity index (χ0n) is 49.1. The van der Waals surface area contributed by atoms with Gasteiger partial charge in [0.15, 0.2) is 0 Å². The van der Waals surface area contributed by atoms with Gasteiger partial charge in [0.05, 0.1) is 66.4 Å². The largest absolute Gasteiger partial charge is 0.756 e. The highest BCUT2D eigenvalue weighted by Crippen LogP contribution is 2.43. The predicted octanol–water partition coefficient (Wildman–Crippen LogP) is 6.97. The van der Waals surface area contributed by atoms with Crippen LogP contribution in [0.2, 0.25) is 0 Å². The first-order chi connectivity index (χ1) is 40.7. The minimum atomic E-state index is -4.99. The summed E-state index contributed by atoms with van der Waals surface area (Å²) in [5.41, 5.74) is 7.33. The number of nitrogens with zero attached hydrogens (tertiary/aromatic N) is 3. The summed E-state index contributed by atoms with van der Waals surface area (Å²) < 4.78 is 126. The SMILES string of the molecule is CCCOP(=O)([O-])O[C@H](CN(CC(C)C)S(=O)(=O)c1ccc(N)cc1)[C@H](Cc1ccccc1)NC(=O)O[C@H]1CCOC1.CCCOP(=O)([O-])O[C@H](CN(CC(C)C)S(=O)(=O)c1ccc([N+](=O)[O-])cc1)[C@H](Cc1ccccc1)NC(=O)O[C@H]1CCOC1. The van der Waals surface area contributed by atoms with Crippen molar-refractivity contribution in [3.8, 4) is 0 Å². The fourth-order valence-electron chi connectivity index (χ4n) is 8.87. The summed E-state index contributed by atoms with van der Waals surface area (Å²) in [5.74, 6) is -0.343. The minimum absolute atomic E-state index is 0.0168. The fourth-order valence-corrected chi connectivity index (χ4v) is 14.1. The lowest BCUT2D eigenvalue weighted by Gasteiger charge is -2.36. The van der Waals surface area contributed by atoms with E-state index in [2.05, 4.69) is 10.6 Å². The molecule has 2 aliphatic heterocycles. The van der Waals surface area contributed by atoms with Gasteiger partial charge in [0.2, 0.25) is 20.0 Å². The summed E-state index contributed by atoms with van der Waals surface area (Å²) in [5, 5.41) is 16.5. The fraction of sp³-hybridized carbons (Fsp3) is 0.536. The topological polar surface area (TPSA) is 356 Å². The Morgan fingerprint density at radius 2 is 1.00 bits per heavy atom. The number of non-ortho nitro benzene ring substituents is 1. The molecule has 4 aromatic carbocycles. The molecule has 30 heteroatoms. The zero-order valence-corrected chi connectivity index (χ0v) is 52.5. The Labute approximate surface area is 503 Å². The smallest absolute Gasteiger partial charge is 0.407 e. The third-order valence-electron chi connectivity index (χ3n) is 13.0. The van der Waals surface area contributed by atoms with Crippen molar-refractivity contribution in [1.29, 1.82) is 0 Å². The number of hydrogen-bond donors (Lipinski definition) is 3. The average molecular weight is 1280 g/mol. The number of carbonyl (C=O) groups is 2. The summed E-state index contributed by atoms with van der Waals surface area (Å²) in [6.45, 7) is 10.8. The lowest BCUT2D eigenvalue weighted by Crippen LogP contribution is -2.52. The molecule has 0 radical (unpaired) electrons. The van der Waals surface area contributed by atoms with E-state index in [1.54, 1.807) is 70.2 Å². The molecule has 2 fully saturated rings. The first-order valence-electron chi connectivity index (χ1n) is 28.3. The number of nitrogens with two attached hydrogens (primary N) is 1. The molecule has 0 spiro atoms. The van der Waals surface area contributed by atoms with E-state index in [1.807, 2.05) is 32.0 Å². The first kappa shape index (κ1) is 71.3. The van der Waals surface area contributed by atoms with E-state index in [1.165, 1.54) is 24.3 Å². The highest BCUT2D eigenvalue weighted by molar-refractivity contribution is 7.89. The average Bonchev–Trinajstić information content (AvgIpc) is 2.74. The number of phosphoric acid groups is 2. The summed E-state index contributed by atoms with van der Waals surface area (Å²) in [7, 11) is -18.4. The summed E-state index contributed by atoms with van der Waals surface area (Å²) in [6, 6.07) is 25.9. The molecule has 4 N–H and O–H groups in total. The van der Waals surface area contributed by atoms with Gasteiger partial charge in [-0.2, -0.15) is 8.61 Å². The van der Waals surface area contributed by atoms with Gasteiger partial charge in [0.1, 0.15) is 24.4 Å². The first-order valence-corrected chi connectivity index (χ1v) is 34.1. The number of nitro groups is 1. The van der Waals surface area contributed by atoms with Crippen LogP contribution in [0.25, 0.3) is 0 Å². The lowest BCUT2D eigenvalue weighted by molar-refractivity contribution is -0.384. The number of amides is 2. The second kappa shape index (κ2) is 34.4. The second-order valence-corrected chi connectivity index (χ2v) is 27.9. The number of alkyl carbamates (subject to hydrolysis) is 2. The summed E-state index contributed by atoms with van der Waals surface area (Å²) >= 11 is 0. The summed E-state index contributed by atoms with van der Waals surface area (Å²) in [4.78, 5) is 62.1. The predicted molar refractivity (Wildman–Crippen MR) is 314 cm³/mol. The van der Waals surface area contributed by atoms with Crippen LogP contribution >= 0.6 is 15.6 Å². The maximum atomic E-state index is 13.9. The van der Waals surface area contributed by atoms with E-state index >= 15 is 0 Å². The zero-order chi connectivity index (χ0) is 63.1. The standard InChI is InChI=1S/C28H40N3O11PS.C28H42N3O9PS/c1-4-15-40-43(35,36)42-27(19-30(18-21(2)3)44(37,38)25-12-10-23(11-13-25)31(33)34)26(17-22-8-6-5-7-9-22)29-28(32)41-24-14-16-39-20-24;1-4-15-38-41(33,34)40-27(19-31(18-21(2)3)42(35,36)25-12-10-23(29)11-13-25)26(17-22-8-6-5-7-9-22)30-28(32)39-24-14-16-37-20-24/h5-13,21,24,26-27H,4,14-20H2,1-3H3,(H,29,32)(H,35,36);5-13,21,24,26-27H,4,14-20,29H2,1-3H3,(H,30,32)(H,33,34)/p-2/t2*24-,26-,27+/m00/s1. The van der Waals surface area contributed by atoms with E-state index in [9.17, 15) is 55.5 Å². The molecule has 0 saturated carbocycles. The molecule has 0 bridgehead atoms. The molecular formula is C56H80N6O20P2S2-2. The van der Waals surface area contributed by atoms with Crippen molar-refractivity contribution < 1.29 is 87.3 Å². The van der Waals surface area contributed by atoms with E-state index in [4.69, 9.17) is 42.8 Å². The Morgan fingerprint density at radius 1 is 0.628 bits per heavy atom. The summed E-state index contributed by atoms with van der Waals surface area (Å²) in [6.07, 6.45) is -3.46. The van der Waals surface area contributed by atoms with Crippen molar-refractivity contribution >= 4 is 59.3 Å². The van der Waals surface area contributed by atoms with Crippen LogP contribution < -0.4 is 26.2 Å². The van der Waals surface area contributed by atoms with Gasteiger partial charge in [0, 0.05) is 56.8 Å². The molecular weight excluding hydrogens is 1200 g/mol. The van der Waals surface area contributed by atoms with Gasteiger partial charge in [-0.1, -0.05) is 102 Å². The van der Waals surface area contributed by atoms with Crippen LogP contribution in [-0.2, 0) is 79.1 Å².